The Labute approximate surface area is 177 Å². The minimum atomic E-state index is -1.13. The molecule has 2 atom stereocenters. The number of amides is 2. The van der Waals surface area contributed by atoms with Crippen LogP contribution in [0.5, 0.6) is 0 Å². The Morgan fingerprint density at radius 2 is 1.90 bits per heavy atom. The number of benzene rings is 1. The lowest BCUT2D eigenvalue weighted by molar-refractivity contribution is -0.139. The number of hydrogen-bond donors (Lipinski definition) is 2. The maximum absolute atomic E-state index is 12.4. The summed E-state index contributed by atoms with van der Waals surface area (Å²) in [7, 11) is 0. The third-order valence-electron chi connectivity index (χ3n) is 4.81. The minimum absolute atomic E-state index is 0.0685. The van der Waals surface area contributed by atoms with E-state index in [1.165, 1.54) is 0 Å². The van der Waals surface area contributed by atoms with Crippen molar-refractivity contribution in [2.75, 3.05) is 13.2 Å². The van der Waals surface area contributed by atoms with E-state index in [0.29, 0.717) is 13.0 Å². The zero-order chi connectivity index (χ0) is 22.1. The van der Waals surface area contributed by atoms with Crippen molar-refractivity contribution < 1.29 is 29.0 Å². The first kappa shape index (κ1) is 23.5. The maximum atomic E-state index is 12.4. The molecule has 2 amide bonds. The highest BCUT2D eigenvalue weighted by molar-refractivity contribution is 5.80. The van der Waals surface area contributed by atoms with Gasteiger partial charge in [-0.25, -0.2) is 14.4 Å². The number of nitrogens with one attached hydrogen (secondary N) is 1. The molecule has 1 fully saturated rings. The zero-order valence-corrected chi connectivity index (χ0v) is 17.9. The second-order valence-corrected chi connectivity index (χ2v) is 8.47. The molecule has 0 bridgehead atoms. The summed E-state index contributed by atoms with van der Waals surface area (Å²) in [6, 6.07) is 7.93. The third-order valence-corrected chi connectivity index (χ3v) is 4.81. The van der Waals surface area contributed by atoms with Gasteiger partial charge in [-0.3, -0.25) is 0 Å². The van der Waals surface area contributed by atoms with Gasteiger partial charge in [-0.2, -0.15) is 0 Å². The number of hydrogen-bond acceptors (Lipinski definition) is 5. The fraction of sp³-hybridized carbons (Fsp3) is 0.591. The van der Waals surface area contributed by atoms with Crippen LogP contribution in [0.3, 0.4) is 0 Å². The van der Waals surface area contributed by atoms with Crippen LogP contribution in [-0.4, -0.2) is 59.0 Å². The van der Waals surface area contributed by atoms with Crippen molar-refractivity contribution in [2.24, 2.45) is 0 Å². The molecular formula is C22H32N2O6. The fourth-order valence-corrected chi connectivity index (χ4v) is 3.38. The summed E-state index contributed by atoms with van der Waals surface area (Å²) in [5.41, 5.74) is 0.237. The van der Waals surface area contributed by atoms with Crippen LogP contribution in [0.2, 0.25) is 0 Å². The number of carbonyl (C=O) groups excluding carboxylic acids is 2. The Morgan fingerprint density at radius 1 is 1.20 bits per heavy atom. The SMILES string of the molecule is CC(C)(C)OC(=O)N1CCCCC1CCOC(=O)N[C@@H](Cc1ccccc1)C(=O)O. The van der Waals surface area contributed by atoms with E-state index < -0.39 is 23.7 Å². The number of carboxylic acid groups (broad SMARTS) is 1. The quantitative estimate of drug-likeness (QED) is 0.698. The molecule has 0 radical (unpaired) electrons. The largest absolute Gasteiger partial charge is 0.480 e. The number of rotatable bonds is 7. The van der Waals surface area contributed by atoms with Crippen molar-refractivity contribution in [3.05, 3.63) is 35.9 Å². The molecule has 0 aromatic heterocycles. The van der Waals surface area contributed by atoms with Gasteiger partial charge in [0.2, 0.25) is 0 Å². The van der Waals surface area contributed by atoms with Crippen LogP contribution in [-0.2, 0) is 20.7 Å². The average Bonchev–Trinajstić information content (AvgIpc) is 2.67. The highest BCUT2D eigenvalue weighted by Gasteiger charge is 2.30. The Hall–Kier alpha value is -2.77. The Kier molecular flexibility index (Phi) is 8.50. The second-order valence-electron chi connectivity index (χ2n) is 8.47. The van der Waals surface area contributed by atoms with Crippen molar-refractivity contribution in [1.82, 2.24) is 10.2 Å². The van der Waals surface area contributed by atoms with E-state index in [4.69, 9.17) is 9.47 Å². The number of carboxylic acids is 1. The lowest BCUT2D eigenvalue weighted by atomic mass is 10.0. The summed E-state index contributed by atoms with van der Waals surface area (Å²) >= 11 is 0. The summed E-state index contributed by atoms with van der Waals surface area (Å²) < 4.78 is 10.7. The van der Waals surface area contributed by atoms with Crippen LogP contribution in [0, 0.1) is 0 Å². The molecule has 0 spiro atoms. The summed E-state index contributed by atoms with van der Waals surface area (Å²) in [4.78, 5) is 37.7. The van der Waals surface area contributed by atoms with E-state index in [1.54, 1.807) is 17.0 Å². The Bertz CT molecular complexity index is 716. The number of piperidine rings is 1. The first-order chi connectivity index (χ1) is 14.2. The highest BCUT2D eigenvalue weighted by atomic mass is 16.6. The van der Waals surface area contributed by atoms with Crippen LogP contribution in [0.1, 0.15) is 52.0 Å². The van der Waals surface area contributed by atoms with Gasteiger partial charge in [0.15, 0.2) is 0 Å². The van der Waals surface area contributed by atoms with Gasteiger partial charge < -0.3 is 24.8 Å². The summed E-state index contributed by atoms with van der Waals surface area (Å²) in [5.74, 6) is -1.13. The summed E-state index contributed by atoms with van der Waals surface area (Å²) in [6.45, 7) is 6.18. The second kappa shape index (κ2) is 10.8. The maximum Gasteiger partial charge on any atom is 0.410 e. The molecule has 30 heavy (non-hydrogen) atoms. The molecule has 0 saturated carbocycles. The van der Waals surface area contributed by atoms with Crippen LogP contribution >= 0.6 is 0 Å². The molecule has 1 unspecified atom stereocenters. The van der Waals surface area contributed by atoms with Gasteiger partial charge in [0.05, 0.1) is 6.61 Å². The fourth-order valence-electron chi connectivity index (χ4n) is 3.38. The van der Waals surface area contributed by atoms with E-state index in [0.717, 1.165) is 24.8 Å². The molecule has 8 nitrogen and oxygen atoms in total. The van der Waals surface area contributed by atoms with E-state index in [1.807, 2.05) is 39.0 Å². The number of aliphatic carboxylic acids is 1. The van der Waals surface area contributed by atoms with Crippen LogP contribution in [0.4, 0.5) is 9.59 Å². The molecule has 1 heterocycles. The molecule has 1 aromatic carbocycles. The van der Waals surface area contributed by atoms with Crippen LogP contribution < -0.4 is 5.32 Å². The van der Waals surface area contributed by atoms with Crippen LogP contribution in [0.15, 0.2) is 30.3 Å². The lowest BCUT2D eigenvalue weighted by Gasteiger charge is -2.36. The van der Waals surface area contributed by atoms with Gasteiger partial charge in [-0.05, 0) is 45.6 Å². The molecule has 2 rings (SSSR count). The molecule has 1 saturated heterocycles. The first-order valence-electron chi connectivity index (χ1n) is 10.4. The number of carbonyl (C=O) groups is 3. The molecule has 1 aliphatic rings. The molecule has 1 aliphatic heterocycles. The minimum Gasteiger partial charge on any atom is -0.480 e. The summed E-state index contributed by atoms with van der Waals surface area (Å²) in [6.07, 6.45) is 2.23. The topological polar surface area (TPSA) is 105 Å². The average molecular weight is 421 g/mol. The molecule has 1 aromatic rings. The van der Waals surface area contributed by atoms with Gasteiger partial charge >= 0.3 is 18.2 Å². The van der Waals surface area contributed by atoms with Crippen molar-refractivity contribution in [1.29, 1.82) is 0 Å². The van der Waals surface area contributed by atoms with Gasteiger partial charge in [0.25, 0.3) is 0 Å². The standard InChI is InChI=1S/C22H32N2O6/c1-22(2,3)30-21(28)24-13-8-7-11-17(24)12-14-29-20(27)23-18(19(25)26)15-16-9-5-4-6-10-16/h4-6,9-10,17-18H,7-8,11-15H2,1-3H3,(H,23,27)(H,25,26)/t17?,18-/m0/s1. The zero-order valence-electron chi connectivity index (χ0n) is 17.9. The van der Waals surface area contributed by atoms with E-state index >= 15 is 0 Å². The normalized spacial score (nSPS) is 17.7. The highest BCUT2D eigenvalue weighted by Crippen LogP contribution is 2.22. The first-order valence-corrected chi connectivity index (χ1v) is 10.4. The van der Waals surface area contributed by atoms with Crippen molar-refractivity contribution in [2.45, 2.75) is 70.6 Å². The lowest BCUT2D eigenvalue weighted by Crippen LogP contribution is -2.47. The third kappa shape index (κ3) is 7.93. The number of likely N-dealkylation sites (tertiary alicyclic amines) is 1. The van der Waals surface area contributed by atoms with E-state index in [-0.39, 0.29) is 25.2 Å². The van der Waals surface area contributed by atoms with Crippen LogP contribution in [0.25, 0.3) is 0 Å². The molecule has 166 valence electrons. The number of ether oxygens (including phenoxy) is 2. The monoisotopic (exact) mass is 420 g/mol. The van der Waals surface area contributed by atoms with Crippen molar-refractivity contribution >= 4 is 18.2 Å². The number of alkyl carbamates (subject to hydrolysis) is 1. The van der Waals surface area contributed by atoms with Gasteiger partial charge in [0.1, 0.15) is 11.6 Å². The Morgan fingerprint density at radius 3 is 2.53 bits per heavy atom. The van der Waals surface area contributed by atoms with Crippen molar-refractivity contribution in [3.8, 4) is 0 Å². The predicted molar refractivity (Wildman–Crippen MR) is 111 cm³/mol. The molecular weight excluding hydrogens is 388 g/mol. The van der Waals surface area contributed by atoms with E-state index in [9.17, 15) is 19.5 Å². The Balaban J connectivity index is 1.82. The smallest absolute Gasteiger partial charge is 0.410 e. The van der Waals surface area contributed by atoms with Gasteiger partial charge in [-0.15, -0.1) is 0 Å². The molecule has 8 heteroatoms. The number of nitrogens with zero attached hydrogens (tertiary/aromatic N) is 1. The summed E-state index contributed by atoms with van der Waals surface area (Å²) in [5, 5.41) is 11.8. The molecule has 2 N–H and O–H groups in total. The predicted octanol–water partition coefficient (Wildman–Crippen LogP) is 3.59. The molecule has 0 aliphatic carbocycles. The van der Waals surface area contributed by atoms with E-state index in [2.05, 4.69) is 5.32 Å². The van der Waals surface area contributed by atoms with Gasteiger partial charge in [-0.1, -0.05) is 30.3 Å². The van der Waals surface area contributed by atoms with Crippen molar-refractivity contribution in [3.63, 3.8) is 0 Å². The van der Waals surface area contributed by atoms with Gasteiger partial charge in [0, 0.05) is 25.4 Å².